The van der Waals surface area contributed by atoms with E-state index in [9.17, 15) is 14.9 Å². The molecule has 1 fully saturated rings. The van der Waals surface area contributed by atoms with Crippen LogP contribution in [0.5, 0.6) is 0 Å². The molecule has 1 amide bonds. The second-order valence-corrected chi connectivity index (χ2v) is 7.38. The van der Waals surface area contributed by atoms with Crippen molar-refractivity contribution >= 4 is 22.9 Å². The van der Waals surface area contributed by atoms with Crippen molar-refractivity contribution < 1.29 is 9.72 Å². The van der Waals surface area contributed by atoms with Gasteiger partial charge >= 0.3 is 0 Å². The van der Waals surface area contributed by atoms with Gasteiger partial charge in [-0.2, -0.15) is 0 Å². The minimum atomic E-state index is -0.417. The van der Waals surface area contributed by atoms with E-state index in [-0.39, 0.29) is 17.6 Å². The monoisotopic (exact) mass is 344 g/mol. The summed E-state index contributed by atoms with van der Waals surface area (Å²) in [4.78, 5) is 26.3. The largest absolute Gasteiger partial charge is 0.335 e. The molecule has 0 unspecified atom stereocenters. The fourth-order valence-corrected chi connectivity index (χ4v) is 4.22. The van der Waals surface area contributed by atoms with Crippen LogP contribution in [0.3, 0.4) is 0 Å². The predicted molar refractivity (Wildman–Crippen MR) is 94.5 cm³/mol. The Kier molecular flexibility index (Phi) is 4.94. The molecule has 6 heteroatoms. The summed E-state index contributed by atoms with van der Waals surface area (Å²) < 4.78 is 0. The molecular formula is C18H20N2O3S. The van der Waals surface area contributed by atoms with Gasteiger partial charge in [-0.1, -0.05) is 30.3 Å². The molecule has 5 nitrogen and oxygen atoms in total. The van der Waals surface area contributed by atoms with Gasteiger partial charge in [-0.3, -0.25) is 14.9 Å². The van der Waals surface area contributed by atoms with Crippen LogP contribution in [0.15, 0.2) is 36.4 Å². The van der Waals surface area contributed by atoms with Gasteiger partial charge in [0.2, 0.25) is 0 Å². The zero-order valence-electron chi connectivity index (χ0n) is 13.6. The molecule has 0 saturated carbocycles. The number of aryl methyl sites for hydroxylation is 2. The van der Waals surface area contributed by atoms with E-state index in [1.807, 2.05) is 23.1 Å². The Morgan fingerprint density at radius 3 is 2.79 bits per heavy atom. The number of likely N-dealkylation sites (tertiary alicyclic amines) is 1. The lowest BCUT2D eigenvalue weighted by molar-refractivity contribution is -0.385. The number of carbonyl (C=O) groups excluding carboxylic acids is 1. The normalized spacial score (nSPS) is 17.2. The van der Waals surface area contributed by atoms with Crippen molar-refractivity contribution in [3.63, 3.8) is 0 Å². The van der Waals surface area contributed by atoms with Gasteiger partial charge in [0.05, 0.1) is 14.7 Å². The fraction of sp³-hybridized carbons (Fsp3) is 0.389. The molecule has 24 heavy (non-hydrogen) atoms. The molecule has 1 saturated heterocycles. The molecule has 3 rings (SSSR count). The van der Waals surface area contributed by atoms with Crippen molar-refractivity contribution in [2.24, 2.45) is 0 Å². The summed E-state index contributed by atoms with van der Waals surface area (Å²) in [5.41, 5.74) is 1.32. The van der Waals surface area contributed by atoms with Crippen molar-refractivity contribution in [2.75, 3.05) is 6.54 Å². The third-order valence-electron chi connectivity index (χ3n) is 4.55. The maximum Gasteiger partial charge on any atom is 0.283 e. The molecule has 1 aliphatic heterocycles. The fourth-order valence-electron chi connectivity index (χ4n) is 3.28. The first-order chi connectivity index (χ1) is 11.6. The summed E-state index contributed by atoms with van der Waals surface area (Å²) in [6, 6.07) is 11.9. The zero-order chi connectivity index (χ0) is 17.1. The summed E-state index contributed by atoms with van der Waals surface area (Å²) in [7, 11) is 0. The van der Waals surface area contributed by atoms with Crippen molar-refractivity contribution in [3.8, 4) is 0 Å². The van der Waals surface area contributed by atoms with E-state index in [4.69, 9.17) is 0 Å². The standard InChI is InChI=1S/C18H20N2O3S/c1-13-16(20(22)23)12-17(24-13)18(21)19-11-5-8-15(19)10-9-14-6-3-2-4-7-14/h2-4,6-7,12,15H,5,8-11H2,1H3/t15-/m1/s1. The lowest BCUT2D eigenvalue weighted by atomic mass is 10.0. The summed E-state index contributed by atoms with van der Waals surface area (Å²) in [5, 5.41) is 11.0. The highest BCUT2D eigenvalue weighted by Gasteiger charge is 2.31. The first-order valence-electron chi connectivity index (χ1n) is 8.16. The summed E-state index contributed by atoms with van der Waals surface area (Å²) in [6.45, 7) is 2.43. The van der Waals surface area contributed by atoms with Crippen LogP contribution in [0, 0.1) is 17.0 Å². The van der Waals surface area contributed by atoms with Crippen molar-refractivity contribution in [3.05, 3.63) is 61.8 Å². The number of hydrogen-bond acceptors (Lipinski definition) is 4. The number of benzene rings is 1. The third kappa shape index (κ3) is 3.48. The average Bonchev–Trinajstić information content (AvgIpc) is 3.19. The Balaban J connectivity index is 1.69. The molecule has 2 heterocycles. The SMILES string of the molecule is Cc1sc(C(=O)N2CCC[C@@H]2CCc2ccccc2)cc1[N+](=O)[O-]. The van der Waals surface area contributed by atoms with E-state index in [2.05, 4.69) is 12.1 Å². The molecule has 1 aromatic carbocycles. The molecule has 0 aliphatic carbocycles. The van der Waals surface area contributed by atoms with E-state index in [0.717, 1.165) is 32.2 Å². The average molecular weight is 344 g/mol. The van der Waals surface area contributed by atoms with E-state index in [1.165, 1.54) is 23.0 Å². The van der Waals surface area contributed by atoms with Gasteiger partial charge in [0.25, 0.3) is 11.6 Å². The Morgan fingerprint density at radius 1 is 1.38 bits per heavy atom. The third-order valence-corrected chi connectivity index (χ3v) is 5.57. The quantitative estimate of drug-likeness (QED) is 0.603. The van der Waals surface area contributed by atoms with Gasteiger partial charge in [0.1, 0.15) is 0 Å². The molecule has 1 atom stereocenters. The van der Waals surface area contributed by atoms with Crippen molar-refractivity contribution in [1.82, 2.24) is 4.90 Å². The number of rotatable bonds is 5. The summed E-state index contributed by atoms with van der Waals surface area (Å²) in [5.74, 6) is -0.0632. The predicted octanol–water partition coefficient (Wildman–Crippen LogP) is 4.20. The number of nitrogens with zero attached hydrogens (tertiary/aromatic N) is 2. The van der Waals surface area contributed by atoms with Crippen LogP contribution in [-0.4, -0.2) is 28.3 Å². The van der Waals surface area contributed by atoms with E-state index in [1.54, 1.807) is 6.92 Å². The first kappa shape index (κ1) is 16.6. The molecule has 1 aliphatic rings. The first-order valence-corrected chi connectivity index (χ1v) is 8.97. The lowest BCUT2D eigenvalue weighted by Crippen LogP contribution is -2.35. The Labute approximate surface area is 145 Å². The number of hydrogen-bond donors (Lipinski definition) is 0. The van der Waals surface area contributed by atoms with E-state index in [0.29, 0.717) is 9.75 Å². The van der Waals surface area contributed by atoms with Crippen LogP contribution < -0.4 is 0 Å². The van der Waals surface area contributed by atoms with Crippen molar-refractivity contribution in [2.45, 2.75) is 38.6 Å². The summed E-state index contributed by atoms with van der Waals surface area (Å²) >= 11 is 1.22. The van der Waals surface area contributed by atoms with E-state index < -0.39 is 4.92 Å². The van der Waals surface area contributed by atoms with Crippen molar-refractivity contribution in [1.29, 1.82) is 0 Å². The molecular weight excluding hydrogens is 324 g/mol. The zero-order valence-corrected chi connectivity index (χ0v) is 14.4. The Hall–Kier alpha value is -2.21. The van der Waals surface area contributed by atoms with Crippen LogP contribution in [0.1, 0.15) is 39.4 Å². The highest BCUT2D eigenvalue weighted by atomic mass is 32.1. The van der Waals surface area contributed by atoms with Crippen LogP contribution in [0.25, 0.3) is 0 Å². The maximum atomic E-state index is 12.8. The van der Waals surface area contributed by atoms with Crippen LogP contribution in [-0.2, 0) is 6.42 Å². The van der Waals surface area contributed by atoms with Gasteiger partial charge in [-0.25, -0.2) is 0 Å². The number of thiophene rings is 1. The highest BCUT2D eigenvalue weighted by Crippen LogP contribution is 2.31. The molecule has 1 aromatic heterocycles. The van der Waals surface area contributed by atoms with Gasteiger partial charge in [0.15, 0.2) is 0 Å². The molecule has 0 N–H and O–H groups in total. The van der Waals surface area contributed by atoms with Gasteiger partial charge in [-0.15, -0.1) is 11.3 Å². The van der Waals surface area contributed by atoms with Gasteiger partial charge < -0.3 is 4.90 Å². The molecule has 126 valence electrons. The second kappa shape index (κ2) is 7.13. The maximum absolute atomic E-state index is 12.8. The minimum absolute atomic E-state index is 0.0448. The molecule has 0 radical (unpaired) electrons. The number of amides is 1. The Bertz CT molecular complexity index is 742. The van der Waals surface area contributed by atoms with E-state index >= 15 is 0 Å². The van der Waals surface area contributed by atoms with Crippen LogP contribution in [0.4, 0.5) is 5.69 Å². The smallest absolute Gasteiger partial charge is 0.283 e. The minimum Gasteiger partial charge on any atom is -0.335 e. The van der Waals surface area contributed by atoms with Crippen LogP contribution >= 0.6 is 11.3 Å². The molecule has 0 bridgehead atoms. The molecule has 2 aromatic rings. The van der Waals surface area contributed by atoms with Crippen LogP contribution in [0.2, 0.25) is 0 Å². The topological polar surface area (TPSA) is 63.5 Å². The highest BCUT2D eigenvalue weighted by molar-refractivity contribution is 7.14. The summed E-state index contributed by atoms with van der Waals surface area (Å²) in [6.07, 6.45) is 3.88. The molecule has 0 spiro atoms. The second-order valence-electron chi connectivity index (χ2n) is 6.13. The Morgan fingerprint density at radius 2 is 2.12 bits per heavy atom. The van der Waals surface area contributed by atoms with Gasteiger partial charge in [-0.05, 0) is 38.2 Å². The van der Waals surface area contributed by atoms with Gasteiger partial charge in [0, 0.05) is 18.7 Å². The number of nitro groups is 1. The lowest BCUT2D eigenvalue weighted by Gasteiger charge is -2.24. The number of carbonyl (C=O) groups is 1.